The Morgan fingerprint density at radius 1 is 0.854 bits per heavy atom. The number of ether oxygens (including phenoxy) is 1. The highest BCUT2D eigenvalue weighted by Gasteiger charge is 2.39. The molecule has 2 saturated carbocycles. The monoisotopic (exact) mass is 578 g/mol. The van der Waals surface area contributed by atoms with Crippen molar-refractivity contribution in [2.24, 2.45) is 23.7 Å². The number of carbonyl (C=O) groups is 3. The summed E-state index contributed by atoms with van der Waals surface area (Å²) in [6.45, 7) is 7.96. The molecule has 2 heterocycles. The van der Waals surface area contributed by atoms with Gasteiger partial charge in [0.15, 0.2) is 0 Å². The van der Waals surface area contributed by atoms with Gasteiger partial charge in [-0.1, -0.05) is 44.2 Å². The predicted octanol–water partition coefficient (Wildman–Crippen LogP) is 7.57. The SMILES string of the molecule is CCOC(=O)c1cc(-c2ccccc2)sc1N(C(=O)C1CCC(C)CC1)C1CCN(C(=O)C2CCC(C)CC2)CC1. The zero-order valence-electron chi connectivity index (χ0n) is 25.0. The van der Waals surface area contributed by atoms with Gasteiger partial charge in [0.2, 0.25) is 11.8 Å². The number of thiophene rings is 1. The van der Waals surface area contributed by atoms with Crippen molar-refractivity contribution in [1.29, 1.82) is 0 Å². The van der Waals surface area contributed by atoms with E-state index in [1.165, 1.54) is 11.3 Å². The fourth-order valence-electron chi connectivity index (χ4n) is 6.92. The number of nitrogens with zero attached hydrogens (tertiary/aromatic N) is 2. The Kier molecular flexibility index (Phi) is 9.84. The maximum absolute atomic E-state index is 14.4. The van der Waals surface area contributed by atoms with Gasteiger partial charge < -0.3 is 9.64 Å². The van der Waals surface area contributed by atoms with Gasteiger partial charge in [-0.2, -0.15) is 0 Å². The molecule has 0 radical (unpaired) electrons. The average Bonchev–Trinajstić information content (AvgIpc) is 3.44. The molecule has 5 rings (SSSR count). The number of anilines is 1. The maximum atomic E-state index is 14.4. The third kappa shape index (κ3) is 6.87. The van der Waals surface area contributed by atoms with E-state index in [0.717, 1.165) is 74.6 Å². The van der Waals surface area contributed by atoms with Crippen LogP contribution in [0.25, 0.3) is 10.4 Å². The van der Waals surface area contributed by atoms with Gasteiger partial charge in [0.05, 0.1) is 12.2 Å². The minimum absolute atomic E-state index is 0.0348. The molecule has 6 nitrogen and oxygen atoms in total. The van der Waals surface area contributed by atoms with E-state index in [1.54, 1.807) is 0 Å². The molecular weight excluding hydrogens is 532 g/mol. The highest BCUT2D eigenvalue weighted by molar-refractivity contribution is 7.20. The summed E-state index contributed by atoms with van der Waals surface area (Å²) < 4.78 is 5.49. The van der Waals surface area contributed by atoms with Gasteiger partial charge >= 0.3 is 5.97 Å². The van der Waals surface area contributed by atoms with E-state index in [2.05, 4.69) is 13.8 Å². The van der Waals surface area contributed by atoms with Gasteiger partial charge in [-0.05, 0) is 94.6 Å². The molecule has 2 aliphatic carbocycles. The normalized spacial score (nSPS) is 25.5. The first-order valence-corrected chi connectivity index (χ1v) is 16.7. The molecule has 3 fully saturated rings. The molecule has 0 bridgehead atoms. The first kappa shape index (κ1) is 29.8. The minimum Gasteiger partial charge on any atom is -0.462 e. The van der Waals surface area contributed by atoms with Crippen LogP contribution in [0.3, 0.4) is 0 Å². The van der Waals surface area contributed by atoms with Crippen molar-refractivity contribution in [2.45, 2.75) is 91.0 Å². The topological polar surface area (TPSA) is 66.9 Å². The summed E-state index contributed by atoms with van der Waals surface area (Å²) in [6.07, 6.45) is 9.59. The zero-order valence-corrected chi connectivity index (χ0v) is 25.8. The molecule has 7 heteroatoms. The highest BCUT2D eigenvalue weighted by Crippen LogP contribution is 2.42. The number of benzene rings is 1. The first-order chi connectivity index (χ1) is 19.9. The predicted molar refractivity (Wildman–Crippen MR) is 165 cm³/mol. The lowest BCUT2D eigenvalue weighted by Gasteiger charge is -2.41. The Morgan fingerprint density at radius 3 is 2.02 bits per heavy atom. The molecule has 2 amide bonds. The van der Waals surface area contributed by atoms with Gasteiger partial charge in [-0.3, -0.25) is 14.5 Å². The van der Waals surface area contributed by atoms with E-state index < -0.39 is 0 Å². The molecule has 1 aromatic carbocycles. The van der Waals surface area contributed by atoms with Crippen molar-refractivity contribution in [3.8, 4) is 10.4 Å². The third-order valence-corrected chi connectivity index (χ3v) is 10.8. The number of carbonyl (C=O) groups excluding carboxylic acids is 3. The standard InChI is InChI=1S/C34H46N2O4S/c1-4-40-34(39)29-22-30(25-8-6-5-7-9-25)41-33(29)36(32(38)27-16-12-24(3)13-17-27)28-18-20-35(21-19-28)31(37)26-14-10-23(2)11-15-26/h5-9,22-24,26-28H,4,10-21H2,1-3H3. The van der Waals surface area contributed by atoms with E-state index >= 15 is 0 Å². The van der Waals surface area contributed by atoms with Gasteiger partial charge in [0, 0.05) is 35.8 Å². The Bertz CT molecular complexity index is 1190. The Balaban J connectivity index is 1.43. The molecule has 2 aromatic rings. The lowest BCUT2D eigenvalue weighted by molar-refractivity contribution is -0.137. The van der Waals surface area contributed by atoms with E-state index in [4.69, 9.17) is 4.74 Å². The minimum atomic E-state index is -0.380. The quantitative estimate of drug-likeness (QED) is 0.318. The van der Waals surface area contributed by atoms with Crippen molar-refractivity contribution in [1.82, 2.24) is 4.90 Å². The van der Waals surface area contributed by atoms with Gasteiger partial charge in [0.1, 0.15) is 5.00 Å². The van der Waals surface area contributed by atoms with Crippen LogP contribution in [0.5, 0.6) is 0 Å². The summed E-state index contributed by atoms with van der Waals surface area (Å²) in [6, 6.07) is 11.9. The summed E-state index contributed by atoms with van der Waals surface area (Å²) in [5, 5.41) is 0.706. The molecule has 0 unspecified atom stereocenters. The number of hydrogen-bond acceptors (Lipinski definition) is 5. The fraction of sp³-hybridized carbons (Fsp3) is 0.618. The molecule has 1 aliphatic heterocycles. The lowest BCUT2D eigenvalue weighted by atomic mass is 9.81. The smallest absolute Gasteiger partial charge is 0.341 e. The van der Waals surface area contributed by atoms with Crippen molar-refractivity contribution in [3.05, 3.63) is 42.0 Å². The first-order valence-electron chi connectivity index (χ1n) is 15.8. The molecule has 3 aliphatic rings. The number of esters is 1. The van der Waals surface area contributed by atoms with Gasteiger partial charge in [0.25, 0.3) is 0 Å². The summed E-state index contributed by atoms with van der Waals surface area (Å²) in [5.74, 6) is 1.52. The molecule has 1 saturated heterocycles. The van der Waals surface area contributed by atoms with Crippen LogP contribution in [0.2, 0.25) is 0 Å². The van der Waals surface area contributed by atoms with Crippen LogP contribution in [0.15, 0.2) is 36.4 Å². The molecular formula is C34H46N2O4S. The van der Waals surface area contributed by atoms with Crippen LogP contribution >= 0.6 is 11.3 Å². The second-order valence-corrected chi connectivity index (χ2v) is 13.6. The second kappa shape index (κ2) is 13.5. The van der Waals surface area contributed by atoms with Crippen LogP contribution in [-0.2, 0) is 14.3 Å². The maximum Gasteiger partial charge on any atom is 0.341 e. The van der Waals surface area contributed by atoms with Crippen molar-refractivity contribution in [3.63, 3.8) is 0 Å². The van der Waals surface area contributed by atoms with Gasteiger partial charge in [-0.15, -0.1) is 11.3 Å². The van der Waals surface area contributed by atoms with E-state index in [0.29, 0.717) is 41.4 Å². The number of hydrogen-bond donors (Lipinski definition) is 0. The van der Waals surface area contributed by atoms with Crippen LogP contribution < -0.4 is 4.90 Å². The fourth-order valence-corrected chi connectivity index (χ4v) is 8.15. The van der Waals surface area contributed by atoms with E-state index in [9.17, 15) is 14.4 Å². The Labute approximate surface area is 249 Å². The summed E-state index contributed by atoms with van der Waals surface area (Å²) in [5.41, 5.74) is 1.50. The second-order valence-electron chi connectivity index (χ2n) is 12.6. The van der Waals surface area contributed by atoms with Crippen molar-refractivity contribution in [2.75, 3.05) is 24.6 Å². The zero-order chi connectivity index (χ0) is 28.9. The number of likely N-dealkylation sites (tertiary alicyclic amines) is 1. The van der Waals surface area contributed by atoms with Crippen LogP contribution in [0.4, 0.5) is 5.00 Å². The number of piperidine rings is 1. The largest absolute Gasteiger partial charge is 0.462 e. The van der Waals surface area contributed by atoms with Gasteiger partial charge in [-0.25, -0.2) is 4.79 Å². The summed E-state index contributed by atoms with van der Waals surface area (Å²) in [4.78, 5) is 46.0. The molecule has 222 valence electrons. The average molecular weight is 579 g/mol. The molecule has 0 spiro atoms. The summed E-state index contributed by atoms with van der Waals surface area (Å²) in [7, 11) is 0. The molecule has 41 heavy (non-hydrogen) atoms. The molecule has 0 atom stereocenters. The molecule has 0 N–H and O–H groups in total. The third-order valence-electron chi connectivity index (χ3n) is 9.59. The summed E-state index contributed by atoms with van der Waals surface area (Å²) >= 11 is 1.52. The van der Waals surface area contributed by atoms with Crippen LogP contribution in [0.1, 0.15) is 95.3 Å². The van der Waals surface area contributed by atoms with E-state index in [-0.39, 0.29) is 36.4 Å². The van der Waals surface area contributed by atoms with Crippen LogP contribution in [-0.4, -0.2) is 48.4 Å². The van der Waals surface area contributed by atoms with E-state index in [1.807, 2.05) is 53.1 Å². The number of amides is 2. The Morgan fingerprint density at radius 2 is 1.44 bits per heavy atom. The van der Waals surface area contributed by atoms with Crippen molar-refractivity contribution < 1.29 is 19.1 Å². The molecule has 1 aromatic heterocycles. The van der Waals surface area contributed by atoms with Crippen LogP contribution in [0, 0.1) is 23.7 Å². The highest BCUT2D eigenvalue weighted by atomic mass is 32.1. The Hall–Kier alpha value is -2.67. The number of rotatable bonds is 7. The van der Waals surface area contributed by atoms with Crippen molar-refractivity contribution >= 4 is 34.1 Å². The lowest BCUT2D eigenvalue weighted by Crippen LogP contribution is -2.52.